The first-order chi connectivity index (χ1) is 9.47. The first-order valence-electron chi connectivity index (χ1n) is 7.98. The van der Waals surface area contributed by atoms with Gasteiger partial charge in [-0.1, -0.05) is 32.0 Å². The van der Waals surface area contributed by atoms with Gasteiger partial charge in [-0.3, -0.25) is 0 Å². The Morgan fingerprint density at radius 2 is 2.00 bits per heavy atom. The Bertz CT molecular complexity index is 441. The van der Waals surface area contributed by atoms with E-state index in [9.17, 15) is 0 Å². The van der Waals surface area contributed by atoms with E-state index in [1.807, 2.05) is 0 Å². The normalized spacial score (nSPS) is 28.1. The Morgan fingerprint density at radius 1 is 1.25 bits per heavy atom. The average molecular weight is 275 g/mol. The summed E-state index contributed by atoms with van der Waals surface area (Å²) in [5.41, 5.74) is 8.45. The fraction of sp³-hybridized carbons (Fsp3) is 0.667. The van der Waals surface area contributed by atoms with Crippen LogP contribution in [0.25, 0.3) is 0 Å². The Kier molecular flexibility index (Phi) is 5.09. The molecule has 0 radical (unpaired) electrons. The summed E-state index contributed by atoms with van der Waals surface area (Å²) >= 11 is 0. The number of para-hydroxylation sites is 1. The molecule has 112 valence electrons. The van der Waals surface area contributed by atoms with Crippen LogP contribution in [0.3, 0.4) is 0 Å². The molecule has 0 heterocycles. The number of aryl methyl sites for hydroxylation is 1. The zero-order valence-electron chi connectivity index (χ0n) is 13.4. The molecule has 0 saturated heterocycles. The van der Waals surface area contributed by atoms with Gasteiger partial charge in [0.15, 0.2) is 0 Å². The van der Waals surface area contributed by atoms with Gasteiger partial charge in [0.25, 0.3) is 0 Å². The molecular weight excluding hydrogens is 246 g/mol. The standard InChI is InChI=1S/C18H29NO/c1-12-8-9-17(10-14(12)3)20-18-13(2)6-5-7-16(18)11-15(4)19/h5-7,12,14-15,17H,8-11,19H2,1-4H3. The molecule has 1 aliphatic rings. The van der Waals surface area contributed by atoms with Crippen LogP contribution < -0.4 is 10.5 Å². The number of benzene rings is 1. The predicted octanol–water partition coefficient (Wildman–Crippen LogP) is 4.09. The smallest absolute Gasteiger partial charge is 0.125 e. The van der Waals surface area contributed by atoms with Crippen molar-refractivity contribution in [3.05, 3.63) is 29.3 Å². The zero-order valence-corrected chi connectivity index (χ0v) is 13.4. The van der Waals surface area contributed by atoms with Gasteiger partial charge in [0.2, 0.25) is 0 Å². The van der Waals surface area contributed by atoms with Crippen molar-refractivity contribution in [2.24, 2.45) is 17.6 Å². The van der Waals surface area contributed by atoms with E-state index in [4.69, 9.17) is 10.5 Å². The molecule has 0 bridgehead atoms. The molecule has 2 nitrogen and oxygen atoms in total. The fourth-order valence-electron chi connectivity index (χ4n) is 3.16. The Labute approximate surface area is 123 Å². The van der Waals surface area contributed by atoms with Crippen LogP contribution in [0.5, 0.6) is 5.75 Å². The third-order valence-corrected chi connectivity index (χ3v) is 4.67. The van der Waals surface area contributed by atoms with Gasteiger partial charge in [0.1, 0.15) is 5.75 Å². The minimum atomic E-state index is 0.171. The van der Waals surface area contributed by atoms with Crippen molar-refractivity contribution in [3.63, 3.8) is 0 Å². The second-order valence-electron chi connectivity index (χ2n) is 6.75. The summed E-state index contributed by atoms with van der Waals surface area (Å²) in [4.78, 5) is 0. The van der Waals surface area contributed by atoms with Crippen molar-refractivity contribution in [2.75, 3.05) is 0 Å². The van der Waals surface area contributed by atoms with E-state index in [0.29, 0.717) is 6.10 Å². The highest BCUT2D eigenvalue weighted by Gasteiger charge is 2.26. The predicted molar refractivity (Wildman–Crippen MR) is 85.1 cm³/mol. The molecular formula is C18H29NO. The molecule has 4 unspecified atom stereocenters. The molecule has 1 saturated carbocycles. The summed E-state index contributed by atoms with van der Waals surface area (Å²) in [6, 6.07) is 6.56. The van der Waals surface area contributed by atoms with Crippen molar-refractivity contribution in [3.8, 4) is 5.75 Å². The first kappa shape index (κ1) is 15.4. The molecule has 1 fully saturated rings. The minimum Gasteiger partial charge on any atom is -0.490 e. The maximum atomic E-state index is 6.38. The van der Waals surface area contributed by atoms with Gasteiger partial charge in [-0.2, -0.15) is 0 Å². The molecule has 1 aromatic rings. The van der Waals surface area contributed by atoms with E-state index in [1.165, 1.54) is 30.4 Å². The van der Waals surface area contributed by atoms with Crippen molar-refractivity contribution in [1.82, 2.24) is 0 Å². The first-order valence-corrected chi connectivity index (χ1v) is 7.98. The van der Waals surface area contributed by atoms with Gasteiger partial charge in [-0.05, 0) is 62.5 Å². The molecule has 0 aliphatic heterocycles. The van der Waals surface area contributed by atoms with E-state index in [2.05, 4.69) is 45.9 Å². The molecule has 1 aromatic carbocycles. The van der Waals surface area contributed by atoms with E-state index in [1.54, 1.807) is 0 Å². The van der Waals surface area contributed by atoms with Gasteiger partial charge in [-0.15, -0.1) is 0 Å². The number of hydrogen-bond acceptors (Lipinski definition) is 2. The highest BCUT2D eigenvalue weighted by atomic mass is 16.5. The summed E-state index contributed by atoms with van der Waals surface area (Å²) in [6.07, 6.45) is 4.88. The lowest BCUT2D eigenvalue weighted by Gasteiger charge is -2.33. The number of hydrogen-bond donors (Lipinski definition) is 1. The highest BCUT2D eigenvalue weighted by molar-refractivity contribution is 5.41. The van der Waals surface area contributed by atoms with Gasteiger partial charge in [0.05, 0.1) is 6.10 Å². The summed E-state index contributed by atoms with van der Waals surface area (Å²) in [6.45, 7) is 8.89. The molecule has 4 atom stereocenters. The summed E-state index contributed by atoms with van der Waals surface area (Å²) in [5, 5.41) is 0. The number of rotatable bonds is 4. The molecule has 20 heavy (non-hydrogen) atoms. The van der Waals surface area contributed by atoms with Crippen LogP contribution in [0.1, 0.15) is 51.2 Å². The summed E-state index contributed by atoms with van der Waals surface area (Å²) < 4.78 is 6.38. The lowest BCUT2D eigenvalue weighted by atomic mass is 9.80. The van der Waals surface area contributed by atoms with Crippen LogP contribution in [0, 0.1) is 18.8 Å². The third-order valence-electron chi connectivity index (χ3n) is 4.67. The van der Waals surface area contributed by atoms with Crippen LogP contribution in [0.4, 0.5) is 0 Å². The van der Waals surface area contributed by atoms with E-state index >= 15 is 0 Å². The molecule has 0 amide bonds. The molecule has 2 rings (SSSR count). The SMILES string of the molecule is Cc1cccc(CC(C)N)c1OC1CCC(C)C(C)C1. The van der Waals surface area contributed by atoms with Crippen LogP contribution in [-0.2, 0) is 6.42 Å². The number of nitrogens with two attached hydrogens (primary N) is 1. The quantitative estimate of drug-likeness (QED) is 0.898. The Hall–Kier alpha value is -1.02. The second kappa shape index (κ2) is 6.62. The van der Waals surface area contributed by atoms with Gasteiger partial charge in [0, 0.05) is 6.04 Å². The van der Waals surface area contributed by atoms with Crippen LogP contribution in [0.15, 0.2) is 18.2 Å². The van der Waals surface area contributed by atoms with Crippen molar-refractivity contribution in [2.45, 2.75) is 65.5 Å². The fourth-order valence-corrected chi connectivity index (χ4v) is 3.16. The lowest BCUT2D eigenvalue weighted by Crippen LogP contribution is -2.29. The summed E-state index contributed by atoms with van der Waals surface area (Å²) in [5.74, 6) is 2.67. The molecule has 0 spiro atoms. The zero-order chi connectivity index (χ0) is 14.7. The van der Waals surface area contributed by atoms with Crippen molar-refractivity contribution >= 4 is 0 Å². The van der Waals surface area contributed by atoms with E-state index < -0.39 is 0 Å². The Morgan fingerprint density at radius 3 is 2.65 bits per heavy atom. The van der Waals surface area contributed by atoms with E-state index in [-0.39, 0.29) is 6.04 Å². The largest absolute Gasteiger partial charge is 0.490 e. The van der Waals surface area contributed by atoms with Crippen LogP contribution in [-0.4, -0.2) is 12.1 Å². The topological polar surface area (TPSA) is 35.2 Å². The second-order valence-corrected chi connectivity index (χ2v) is 6.75. The molecule has 1 aliphatic carbocycles. The monoisotopic (exact) mass is 275 g/mol. The third kappa shape index (κ3) is 3.76. The van der Waals surface area contributed by atoms with E-state index in [0.717, 1.165) is 24.0 Å². The minimum absolute atomic E-state index is 0.171. The Balaban J connectivity index is 2.12. The van der Waals surface area contributed by atoms with Gasteiger partial charge in [-0.25, -0.2) is 0 Å². The molecule has 2 heteroatoms. The van der Waals surface area contributed by atoms with Crippen LogP contribution in [0.2, 0.25) is 0 Å². The van der Waals surface area contributed by atoms with Crippen molar-refractivity contribution in [1.29, 1.82) is 0 Å². The van der Waals surface area contributed by atoms with Crippen LogP contribution >= 0.6 is 0 Å². The average Bonchev–Trinajstić information content (AvgIpc) is 2.37. The molecule has 0 aromatic heterocycles. The van der Waals surface area contributed by atoms with Gasteiger partial charge >= 0.3 is 0 Å². The van der Waals surface area contributed by atoms with Crippen molar-refractivity contribution < 1.29 is 4.74 Å². The maximum Gasteiger partial charge on any atom is 0.125 e. The van der Waals surface area contributed by atoms with Gasteiger partial charge < -0.3 is 10.5 Å². The summed E-state index contributed by atoms with van der Waals surface area (Å²) in [7, 11) is 0. The lowest BCUT2D eigenvalue weighted by molar-refractivity contribution is 0.0990. The maximum absolute atomic E-state index is 6.38. The number of ether oxygens (including phenoxy) is 1. The highest BCUT2D eigenvalue weighted by Crippen LogP contribution is 2.34. The molecule has 2 N–H and O–H groups in total.